The first-order valence-electron chi connectivity index (χ1n) is 9.81. The molecule has 1 aromatic heterocycles. The van der Waals surface area contributed by atoms with Crippen LogP contribution in [0.25, 0.3) is 10.9 Å². The summed E-state index contributed by atoms with van der Waals surface area (Å²) in [6, 6.07) is 13.0. The van der Waals surface area contributed by atoms with Crippen molar-refractivity contribution in [3.05, 3.63) is 64.8 Å². The molecule has 0 amide bonds. The Hall–Kier alpha value is -3.61. The number of aromatic nitrogens is 1. The minimum absolute atomic E-state index is 0.115. The van der Waals surface area contributed by atoms with Gasteiger partial charge >= 0.3 is 11.9 Å². The quantitative estimate of drug-likeness (QED) is 0.506. The molecule has 0 saturated carbocycles. The van der Waals surface area contributed by atoms with Gasteiger partial charge in [0.2, 0.25) is 0 Å². The van der Waals surface area contributed by atoms with Gasteiger partial charge in [0.1, 0.15) is 18.1 Å². The molecule has 0 N–H and O–H groups in total. The van der Waals surface area contributed by atoms with E-state index in [-0.39, 0.29) is 13.0 Å². The van der Waals surface area contributed by atoms with Gasteiger partial charge in [-0.1, -0.05) is 18.2 Å². The molecular weight excluding hydrogens is 398 g/mol. The number of fused-ring (bicyclic) bond motifs is 1. The number of hydrogen-bond donors (Lipinski definition) is 0. The molecule has 0 aliphatic heterocycles. The van der Waals surface area contributed by atoms with Gasteiger partial charge in [-0.15, -0.1) is 0 Å². The van der Waals surface area contributed by atoms with Crippen molar-refractivity contribution in [1.29, 1.82) is 0 Å². The summed E-state index contributed by atoms with van der Waals surface area (Å²) < 4.78 is 20.9. The largest absolute Gasteiger partial charge is 0.497 e. The molecular formula is C24H25NO6. The van der Waals surface area contributed by atoms with E-state index in [4.69, 9.17) is 18.9 Å². The van der Waals surface area contributed by atoms with Crippen molar-refractivity contribution in [3.63, 3.8) is 0 Å². The maximum Gasteiger partial charge on any atom is 0.340 e. The van der Waals surface area contributed by atoms with Gasteiger partial charge in [0.25, 0.3) is 0 Å². The fourth-order valence-electron chi connectivity index (χ4n) is 3.40. The summed E-state index contributed by atoms with van der Waals surface area (Å²) in [4.78, 5) is 29.2. The molecule has 0 aliphatic carbocycles. The van der Waals surface area contributed by atoms with Crippen molar-refractivity contribution >= 4 is 22.8 Å². The second kappa shape index (κ2) is 9.93. The third kappa shape index (κ3) is 5.12. The van der Waals surface area contributed by atoms with Gasteiger partial charge in [-0.05, 0) is 42.7 Å². The average Bonchev–Trinajstić information content (AvgIpc) is 2.80. The number of pyridine rings is 1. The first kappa shape index (κ1) is 22.1. The van der Waals surface area contributed by atoms with E-state index < -0.39 is 11.9 Å². The minimum Gasteiger partial charge on any atom is -0.497 e. The molecule has 0 fully saturated rings. The Morgan fingerprint density at radius 3 is 2.29 bits per heavy atom. The zero-order valence-corrected chi connectivity index (χ0v) is 18.1. The molecule has 0 bridgehead atoms. The topological polar surface area (TPSA) is 84.0 Å². The third-order valence-electron chi connectivity index (χ3n) is 5.02. The third-order valence-corrected chi connectivity index (χ3v) is 5.02. The van der Waals surface area contributed by atoms with Crippen LogP contribution in [0.15, 0.2) is 42.5 Å². The highest BCUT2D eigenvalue weighted by atomic mass is 16.5. The van der Waals surface area contributed by atoms with Crippen molar-refractivity contribution in [2.24, 2.45) is 0 Å². The van der Waals surface area contributed by atoms with Crippen molar-refractivity contribution in [3.8, 4) is 11.5 Å². The lowest BCUT2D eigenvalue weighted by Gasteiger charge is -2.13. The van der Waals surface area contributed by atoms with Crippen molar-refractivity contribution in [1.82, 2.24) is 4.98 Å². The van der Waals surface area contributed by atoms with E-state index in [9.17, 15) is 9.59 Å². The number of rotatable bonds is 8. The fraction of sp³-hybridized carbons (Fsp3) is 0.292. The Kier molecular flexibility index (Phi) is 7.07. The van der Waals surface area contributed by atoms with Crippen LogP contribution in [-0.2, 0) is 27.3 Å². The van der Waals surface area contributed by atoms with Crippen LogP contribution in [0, 0.1) is 6.92 Å². The second-order valence-corrected chi connectivity index (χ2v) is 6.95. The molecule has 0 unspecified atom stereocenters. The van der Waals surface area contributed by atoms with Gasteiger partial charge in [-0.2, -0.15) is 0 Å². The second-order valence-electron chi connectivity index (χ2n) is 6.95. The molecule has 0 saturated heterocycles. The van der Waals surface area contributed by atoms with E-state index in [0.29, 0.717) is 29.2 Å². The monoisotopic (exact) mass is 423 g/mol. The van der Waals surface area contributed by atoms with Crippen LogP contribution in [0.4, 0.5) is 0 Å². The number of ether oxygens (including phenoxy) is 4. The van der Waals surface area contributed by atoms with E-state index in [0.717, 1.165) is 22.0 Å². The lowest BCUT2D eigenvalue weighted by molar-refractivity contribution is -0.145. The summed E-state index contributed by atoms with van der Waals surface area (Å²) in [7, 11) is 4.46. The molecule has 2 aromatic carbocycles. The van der Waals surface area contributed by atoms with Crippen LogP contribution in [0.5, 0.6) is 11.5 Å². The number of methoxy groups -OCH3 is 3. The molecule has 0 radical (unpaired) electrons. The van der Waals surface area contributed by atoms with E-state index in [2.05, 4.69) is 4.98 Å². The average molecular weight is 423 g/mol. The standard InChI is InChI=1S/C24H25NO6/c1-15-19-7-5-6-8-20(19)25-21(23(15)24(27)30-4)14-31-22(26)10-9-16-11-17(28-2)13-18(12-16)29-3/h5-8,11-13H,9-10,14H2,1-4H3. The van der Waals surface area contributed by atoms with Crippen LogP contribution in [0.3, 0.4) is 0 Å². The summed E-state index contributed by atoms with van der Waals surface area (Å²) in [5.74, 6) is 0.401. The SMILES string of the molecule is COC(=O)c1c(COC(=O)CCc2cc(OC)cc(OC)c2)nc2ccccc2c1C. The number of nitrogens with zero attached hydrogens (tertiary/aromatic N) is 1. The molecule has 0 atom stereocenters. The van der Waals surface area contributed by atoms with Crippen LogP contribution < -0.4 is 9.47 Å². The molecule has 7 nitrogen and oxygen atoms in total. The lowest BCUT2D eigenvalue weighted by Crippen LogP contribution is -2.14. The Morgan fingerprint density at radius 1 is 0.968 bits per heavy atom. The van der Waals surface area contributed by atoms with Gasteiger partial charge < -0.3 is 18.9 Å². The summed E-state index contributed by atoms with van der Waals surface area (Å²) in [6.07, 6.45) is 0.622. The number of carbonyl (C=O) groups excluding carboxylic acids is 2. The zero-order chi connectivity index (χ0) is 22.4. The van der Waals surface area contributed by atoms with Crippen LogP contribution in [0.2, 0.25) is 0 Å². The summed E-state index contributed by atoms with van der Waals surface area (Å²) in [5.41, 5.74) is 3.06. The molecule has 0 spiro atoms. The normalized spacial score (nSPS) is 10.6. The first-order chi connectivity index (χ1) is 15.0. The number of esters is 2. The van der Waals surface area contributed by atoms with Crippen molar-refractivity contribution < 1.29 is 28.5 Å². The van der Waals surface area contributed by atoms with Gasteiger partial charge in [-0.3, -0.25) is 4.79 Å². The highest BCUT2D eigenvalue weighted by Gasteiger charge is 2.20. The molecule has 0 aliphatic rings. The van der Waals surface area contributed by atoms with Gasteiger partial charge in [0.15, 0.2) is 0 Å². The molecule has 162 valence electrons. The summed E-state index contributed by atoms with van der Waals surface area (Å²) in [6.45, 7) is 1.72. The van der Waals surface area contributed by atoms with E-state index >= 15 is 0 Å². The Balaban J connectivity index is 1.73. The minimum atomic E-state index is -0.509. The smallest absolute Gasteiger partial charge is 0.340 e. The predicted molar refractivity (Wildman–Crippen MR) is 115 cm³/mol. The van der Waals surface area contributed by atoms with Gasteiger partial charge in [0, 0.05) is 17.9 Å². The Bertz CT molecular complexity index is 1090. The number of carbonyl (C=O) groups is 2. The Labute approximate surface area is 180 Å². The van der Waals surface area contributed by atoms with E-state index in [1.807, 2.05) is 43.3 Å². The predicted octanol–water partition coefficient (Wildman–Crippen LogP) is 4.02. The van der Waals surface area contributed by atoms with Gasteiger partial charge in [-0.25, -0.2) is 9.78 Å². The maximum atomic E-state index is 12.4. The first-order valence-corrected chi connectivity index (χ1v) is 9.81. The van der Waals surface area contributed by atoms with Crippen LogP contribution in [-0.4, -0.2) is 38.3 Å². The summed E-state index contributed by atoms with van der Waals surface area (Å²) >= 11 is 0. The van der Waals surface area contributed by atoms with Crippen molar-refractivity contribution in [2.75, 3.05) is 21.3 Å². The fourth-order valence-corrected chi connectivity index (χ4v) is 3.40. The number of hydrogen-bond acceptors (Lipinski definition) is 7. The summed E-state index contributed by atoms with van der Waals surface area (Å²) in [5, 5.41) is 0.852. The molecule has 3 aromatic rings. The molecule has 31 heavy (non-hydrogen) atoms. The number of benzene rings is 2. The maximum absolute atomic E-state index is 12.4. The molecule has 7 heteroatoms. The van der Waals surface area contributed by atoms with E-state index in [1.54, 1.807) is 20.3 Å². The Morgan fingerprint density at radius 2 is 1.65 bits per heavy atom. The zero-order valence-electron chi connectivity index (χ0n) is 18.1. The molecule has 3 rings (SSSR count). The highest BCUT2D eigenvalue weighted by molar-refractivity contribution is 5.98. The van der Waals surface area contributed by atoms with Crippen LogP contribution >= 0.6 is 0 Å². The number of aryl methyl sites for hydroxylation is 2. The van der Waals surface area contributed by atoms with Gasteiger partial charge in [0.05, 0.1) is 38.1 Å². The van der Waals surface area contributed by atoms with Crippen LogP contribution in [0.1, 0.15) is 33.6 Å². The molecule has 1 heterocycles. The lowest BCUT2D eigenvalue weighted by atomic mass is 10.0. The highest BCUT2D eigenvalue weighted by Crippen LogP contribution is 2.25. The number of para-hydroxylation sites is 1. The van der Waals surface area contributed by atoms with E-state index in [1.165, 1.54) is 7.11 Å². The van der Waals surface area contributed by atoms with Crippen molar-refractivity contribution in [2.45, 2.75) is 26.4 Å².